The zero-order valence-corrected chi connectivity index (χ0v) is 18.1. The summed E-state index contributed by atoms with van der Waals surface area (Å²) in [6.07, 6.45) is 0. The van der Waals surface area contributed by atoms with Crippen LogP contribution < -0.4 is 0 Å². The molecule has 0 heterocycles. The van der Waals surface area contributed by atoms with Gasteiger partial charge >= 0.3 is 0 Å². The molecule has 0 amide bonds. The summed E-state index contributed by atoms with van der Waals surface area (Å²) in [4.78, 5) is 0. The van der Waals surface area contributed by atoms with Gasteiger partial charge in [0, 0.05) is 10.8 Å². The lowest BCUT2D eigenvalue weighted by Crippen LogP contribution is -1.91. The second kappa shape index (κ2) is 9.75. The predicted octanol–water partition coefficient (Wildman–Crippen LogP) is 8.50. The van der Waals surface area contributed by atoms with E-state index in [9.17, 15) is 17.6 Å². The van der Waals surface area contributed by atoms with Crippen molar-refractivity contribution in [2.75, 3.05) is 0 Å². The lowest BCUT2D eigenvalue weighted by Gasteiger charge is -2.04. The average molecular weight is 414 g/mol. The van der Waals surface area contributed by atoms with Crippen LogP contribution in [-0.2, 0) is 0 Å². The van der Waals surface area contributed by atoms with Gasteiger partial charge in [-0.15, -0.1) is 0 Å². The largest absolute Gasteiger partial charge is 0.203 e. The monoisotopic (exact) mass is 414 g/mol. The van der Waals surface area contributed by atoms with Gasteiger partial charge in [-0.05, 0) is 73.9 Å². The van der Waals surface area contributed by atoms with Gasteiger partial charge in [0.15, 0.2) is 23.3 Å². The fourth-order valence-corrected chi connectivity index (χ4v) is 3.15. The van der Waals surface area contributed by atoms with Gasteiger partial charge in [-0.2, -0.15) is 0 Å². The van der Waals surface area contributed by atoms with E-state index in [1.54, 1.807) is 50.2 Å². The third-order valence-electron chi connectivity index (χ3n) is 4.71. The van der Waals surface area contributed by atoms with Crippen molar-refractivity contribution in [3.05, 3.63) is 94.1 Å². The zero-order valence-electron chi connectivity index (χ0n) is 18.1. The van der Waals surface area contributed by atoms with Crippen molar-refractivity contribution in [2.24, 2.45) is 0 Å². The van der Waals surface area contributed by atoms with Gasteiger partial charge < -0.3 is 0 Å². The zero-order chi connectivity index (χ0) is 22.6. The molecule has 158 valence electrons. The van der Waals surface area contributed by atoms with E-state index in [2.05, 4.69) is 0 Å². The molecule has 4 heteroatoms. The molecule has 4 aromatic carbocycles. The van der Waals surface area contributed by atoms with Gasteiger partial charge in [0.1, 0.15) is 0 Å². The third kappa shape index (κ3) is 4.81. The van der Waals surface area contributed by atoms with Crippen LogP contribution in [0, 0.1) is 51.0 Å². The predicted molar refractivity (Wildman–Crippen MR) is 118 cm³/mol. The fraction of sp³-hybridized carbons (Fsp3) is 0.231. The Morgan fingerprint density at radius 3 is 1.13 bits per heavy atom. The topological polar surface area (TPSA) is 0 Å². The Morgan fingerprint density at radius 2 is 0.800 bits per heavy atom. The minimum atomic E-state index is -0.747. The van der Waals surface area contributed by atoms with E-state index in [1.807, 2.05) is 39.8 Å². The van der Waals surface area contributed by atoms with E-state index in [0.717, 1.165) is 21.9 Å². The second-order valence-corrected chi connectivity index (χ2v) is 7.09. The maximum Gasteiger partial charge on any atom is 0.166 e. The standard InChI is InChI=1S/2C12H10F2.C2H6/c2*1-7-3-4-9-6-8(2)11(13)12(14)10(9)5-7;1-2/h2*3-6H,1-2H3;1-2H3. The van der Waals surface area contributed by atoms with E-state index in [4.69, 9.17) is 0 Å². The minimum absolute atomic E-state index is 0.346. The molecule has 0 fully saturated rings. The van der Waals surface area contributed by atoms with Crippen molar-refractivity contribution in [3.8, 4) is 0 Å². The van der Waals surface area contributed by atoms with Crippen molar-refractivity contribution in [1.82, 2.24) is 0 Å². The maximum absolute atomic E-state index is 13.5. The summed E-state index contributed by atoms with van der Waals surface area (Å²) in [5.41, 5.74) is 2.55. The molecule has 0 aliphatic rings. The highest BCUT2D eigenvalue weighted by atomic mass is 19.2. The quantitative estimate of drug-likeness (QED) is 0.253. The Morgan fingerprint density at radius 1 is 0.467 bits per heavy atom. The smallest absolute Gasteiger partial charge is 0.166 e. The molecule has 0 saturated carbocycles. The van der Waals surface area contributed by atoms with Crippen LogP contribution >= 0.6 is 0 Å². The van der Waals surface area contributed by atoms with Crippen molar-refractivity contribution < 1.29 is 17.6 Å². The fourth-order valence-electron chi connectivity index (χ4n) is 3.15. The van der Waals surface area contributed by atoms with Gasteiger partial charge in [0.05, 0.1) is 0 Å². The van der Waals surface area contributed by atoms with E-state index in [1.165, 1.54) is 0 Å². The minimum Gasteiger partial charge on any atom is -0.203 e. The highest BCUT2D eigenvalue weighted by molar-refractivity contribution is 5.85. The van der Waals surface area contributed by atoms with Crippen molar-refractivity contribution in [1.29, 1.82) is 0 Å². The number of rotatable bonds is 0. The van der Waals surface area contributed by atoms with Crippen LogP contribution in [0.15, 0.2) is 48.5 Å². The van der Waals surface area contributed by atoms with Crippen LogP contribution in [0.4, 0.5) is 17.6 Å². The molecule has 4 aromatic rings. The molecule has 0 radical (unpaired) electrons. The number of hydrogen-bond acceptors (Lipinski definition) is 0. The Labute approximate surface area is 175 Å². The van der Waals surface area contributed by atoms with Crippen LogP contribution in [0.3, 0.4) is 0 Å². The second-order valence-electron chi connectivity index (χ2n) is 7.09. The van der Waals surface area contributed by atoms with E-state index >= 15 is 0 Å². The van der Waals surface area contributed by atoms with Crippen LogP contribution in [0.5, 0.6) is 0 Å². The van der Waals surface area contributed by atoms with Crippen LogP contribution in [0.1, 0.15) is 36.1 Å². The SMILES string of the molecule is CC.Cc1ccc2cc(C)c(F)c(F)c2c1.Cc1ccc2cc(C)c(F)c(F)c2c1. The first-order valence-electron chi connectivity index (χ1n) is 9.89. The Kier molecular flexibility index (Phi) is 7.60. The summed E-state index contributed by atoms with van der Waals surface area (Å²) in [5.74, 6) is -2.99. The summed E-state index contributed by atoms with van der Waals surface area (Å²) >= 11 is 0. The molecule has 0 aliphatic carbocycles. The lowest BCUT2D eigenvalue weighted by molar-refractivity contribution is 0.511. The Balaban J connectivity index is 0.000000197. The molecular weight excluding hydrogens is 388 g/mol. The first-order chi connectivity index (χ1) is 14.2. The summed E-state index contributed by atoms with van der Waals surface area (Å²) in [5, 5.41) is 2.19. The molecule has 30 heavy (non-hydrogen) atoms. The molecule has 0 bridgehead atoms. The maximum atomic E-state index is 13.5. The Hall–Kier alpha value is -2.88. The first kappa shape index (κ1) is 23.4. The van der Waals surface area contributed by atoms with Gasteiger partial charge in [-0.3, -0.25) is 0 Å². The molecule has 0 nitrogen and oxygen atoms in total. The first-order valence-corrected chi connectivity index (χ1v) is 9.89. The van der Waals surface area contributed by atoms with Gasteiger partial charge in [-0.1, -0.05) is 49.2 Å². The molecule has 0 N–H and O–H groups in total. The average Bonchev–Trinajstić information content (AvgIpc) is 2.74. The highest BCUT2D eigenvalue weighted by Crippen LogP contribution is 2.25. The molecule has 0 spiro atoms. The van der Waals surface area contributed by atoms with Crippen LogP contribution in [0.2, 0.25) is 0 Å². The number of benzene rings is 4. The summed E-state index contributed by atoms with van der Waals surface area (Å²) < 4.78 is 53.4. The summed E-state index contributed by atoms with van der Waals surface area (Å²) in [6.45, 7) is 10.8. The summed E-state index contributed by atoms with van der Waals surface area (Å²) in [6, 6.07) is 14.0. The highest BCUT2D eigenvalue weighted by Gasteiger charge is 2.11. The van der Waals surface area contributed by atoms with Gasteiger partial charge in [0.2, 0.25) is 0 Å². The van der Waals surface area contributed by atoms with Crippen LogP contribution in [-0.4, -0.2) is 0 Å². The normalized spacial score (nSPS) is 10.3. The molecule has 0 atom stereocenters. The number of halogens is 4. The molecule has 0 saturated heterocycles. The number of aryl methyl sites for hydroxylation is 4. The van der Waals surface area contributed by atoms with Gasteiger partial charge in [-0.25, -0.2) is 17.6 Å². The molecular formula is C26H26F4. The van der Waals surface area contributed by atoms with E-state index < -0.39 is 23.3 Å². The van der Waals surface area contributed by atoms with E-state index in [0.29, 0.717) is 21.9 Å². The molecule has 0 aromatic heterocycles. The Bertz CT molecular complexity index is 1100. The van der Waals surface area contributed by atoms with Crippen molar-refractivity contribution in [3.63, 3.8) is 0 Å². The number of hydrogen-bond donors (Lipinski definition) is 0. The lowest BCUT2D eigenvalue weighted by atomic mass is 10.0. The van der Waals surface area contributed by atoms with Gasteiger partial charge in [0.25, 0.3) is 0 Å². The number of fused-ring (bicyclic) bond motifs is 2. The van der Waals surface area contributed by atoms with Crippen molar-refractivity contribution in [2.45, 2.75) is 41.5 Å². The van der Waals surface area contributed by atoms with Crippen LogP contribution in [0.25, 0.3) is 21.5 Å². The summed E-state index contributed by atoms with van der Waals surface area (Å²) in [7, 11) is 0. The van der Waals surface area contributed by atoms with Crippen molar-refractivity contribution >= 4 is 21.5 Å². The molecule has 0 aliphatic heterocycles. The van der Waals surface area contributed by atoms with E-state index in [-0.39, 0.29) is 0 Å². The third-order valence-corrected chi connectivity index (χ3v) is 4.71. The molecule has 4 rings (SSSR count). The molecule has 0 unspecified atom stereocenters.